The van der Waals surface area contributed by atoms with E-state index in [1.807, 2.05) is 13.0 Å². The molecule has 5 heteroatoms. The molecule has 0 saturated carbocycles. The van der Waals surface area contributed by atoms with Crippen molar-refractivity contribution in [3.05, 3.63) is 44.6 Å². The number of thiazole rings is 1. The number of anilines is 1. The molecule has 2 aromatic rings. The van der Waals surface area contributed by atoms with Gasteiger partial charge in [-0.15, -0.1) is 11.3 Å². The molecular weight excluding hydrogens is 291 g/mol. The molecule has 0 radical (unpaired) electrons. The van der Waals surface area contributed by atoms with Crippen molar-refractivity contribution in [3.63, 3.8) is 0 Å². The first-order valence-electron chi connectivity index (χ1n) is 4.75. The number of aryl methyl sites for hydroxylation is 1. The van der Waals surface area contributed by atoms with E-state index in [1.165, 1.54) is 6.07 Å². The summed E-state index contributed by atoms with van der Waals surface area (Å²) in [5, 5.41) is 3.07. The van der Waals surface area contributed by atoms with E-state index >= 15 is 0 Å². The fourth-order valence-corrected chi connectivity index (χ4v) is 2.53. The first kappa shape index (κ1) is 11.5. The van der Waals surface area contributed by atoms with Crippen LogP contribution in [0.3, 0.4) is 0 Å². The van der Waals surface area contributed by atoms with Gasteiger partial charge in [-0.3, -0.25) is 0 Å². The number of aromatic nitrogens is 1. The fraction of sp³-hybridized carbons (Fsp3) is 0.182. The number of hydrogen-bond acceptors (Lipinski definition) is 3. The highest BCUT2D eigenvalue weighted by molar-refractivity contribution is 9.10. The lowest BCUT2D eigenvalue weighted by atomic mass is 10.3. The lowest BCUT2D eigenvalue weighted by Gasteiger charge is -2.08. The maximum atomic E-state index is 13.5. The maximum Gasteiger partial charge on any atom is 0.147 e. The van der Waals surface area contributed by atoms with Gasteiger partial charge in [0.15, 0.2) is 0 Å². The quantitative estimate of drug-likeness (QED) is 0.928. The molecule has 0 aliphatic heterocycles. The van der Waals surface area contributed by atoms with Gasteiger partial charge in [0, 0.05) is 9.35 Å². The summed E-state index contributed by atoms with van der Waals surface area (Å²) in [6.07, 6.45) is 0. The van der Waals surface area contributed by atoms with E-state index in [2.05, 4.69) is 26.2 Å². The highest BCUT2D eigenvalue weighted by Crippen LogP contribution is 2.26. The second kappa shape index (κ2) is 4.93. The first-order chi connectivity index (χ1) is 7.68. The zero-order valence-corrected chi connectivity index (χ0v) is 11.0. The van der Waals surface area contributed by atoms with E-state index in [-0.39, 0.29) is 5.82 Å². The molecule has 2 rings (SSSR count). The molecule has 0 atom stereocenters. The predicted octanol–water partition coefficient (Wildman–Crippen LogP) is 3.97. The van der Waals surface area contributed by atoms with Gasteiger partial charge in [0.25, 0.3) is 0 Å². The Morgan fingerprint density at radius 3 is 2.94 bits per heavy atom. The van der Waals surface area contributed by atoms with Crippen LogP contribution in [0.15, 0.2) is 28.2 Å². The van der Waals surface area contributed by atoms with Crippen LogP contribution in [0, 0.1) is 12.7 Å². The van der Waals surface area contributed by atoms with Crippen LogP contribution in [0.2, 0.25) is 0 Å². The molecule has 1 aromatic carbocycles. The Morgan fingerprint density at radius 1 is 1.50 bits per heavy atom. The Balaban J connectivity index is 2.14. The van der Waals surface area contributed by atoms with E-state index in [4.69, 9.17) is 0 Å². The van der Waals surface area contributed by atoms with Crippen LogP contribution >= 0.6 is 27.3 Å². The third kappa shape index (κ3) is 2.41. The molecule has 0 aliphatic rings. The van der Waals surface area contributed by atoms with Gasteiger partial charge in [0.2, 0.25) is 0 Å². The zero-order valence-electron chi connectivity index (χ0n) is 8.63. The SMILES string of the molecule is Cc1ncsc1CNc1c(F)cccc1Br. The van der Waals surface area contributed by atoms with Gasteiger partial charge in [-0.1, -0.05) is 6.07 Å². The number of nitrogens with one attached hydrogen (secondary N) is 1. The number of benzene rings is 1. The minimum atomic E-state index is -0.253. The van der Waals surface area contributed by atoms with E-state index in [9.17, 15) is 4.39 Å². The predicted molar refractivity (Wildman–Crippen MR) is 68.3 cm³/mol. The second-order valence-electron chi connectivity index (χ2n) is 3.31. The topological polar surface area (TPSA) is 24.9 Å². The van der Waals surface area contributed by atoms with Crippen LogP contribution in [0.4, 0.5) is 10.1 Å². The monoisotopic (exact) mass is 300 g/mol. The third-order valence-corrected chi connectivity index (χ3v) is 3.83. The minimum absolute atomic E-state index is 0.253. The molecule has 0 unspecified atom stereocenters. The van der Waals surface area contributed by atoms with Crippen molar-refractivity contribution in [2.75, 3.05) is 5.32 Å². The Bertz CT molecular complexity index is 478. The van der Waals surface area contributed by atoms with Crippen molar-refractivity contribution in [1.82, 2.24) is 4.98 Å². The molecule has 2 nitrogen and oxygen atoms in total. The Morgan fingerprint density at radius 2 is 2.31 bits per heavy atom. The van der Waals surface area contributed by atoms with Crippen molar-refractivity contribution in [3.8, 4) is 0 Å². The van der Waals surface area contributed by atoms with E-state index in [0.29, 0.717) is 12.2 Å². The summed E-state index contributed by atoms with van der Waals surface area (Å²) in [5.74, 6) is -0.253. The van der Waals surface area contributed by atoms with Gasteiger partial charge in [-0.25, -0.2) is 9.37 Å². The molecule has 1 heterocycles. The number of hydrogen-bond donors (Lipinski definition) is 1. The summed E-state index contributed by atoms with van der Waals surface area (Å²) in [6, 6.07) is 4.92. The van der Waals surface area contributed by atoms with Crippen molar-refractivity contribution < 1.29 is 4.39 Å². The Kier molecular flexibility index (Phi) is 3.56. The molecule has 1 N–H and O–H groups in total. The highest BCUT2D eigenvalue weighted by atomic mass is 79.9. The smallest absolute Gasteiger partial charge is 0.147 e. The number of para-hydroxylation sites is 1. The minimum Gasteiger partial charge on any atom is -0.377 e. The van der Waals surface area contributed by atoms with Crippen molar-refractivity contribution >= 4 is 33.0 Å². The van der Waals surface area contributed by atoms with Gasteiger partial charge in [0.1, 0.15) is 5.82 Å². The van der Waals surface area contributed by atoms with Crippen LogP contribution in [0.25, 0.3) is 0 Å². The summed E-state index contributed by atoms with van der Waals surface area (Å²) in [7, 11) is 0. The first-order valence-corrected chi connectivity index (χ1v) is 6.42. The second-order valence-corrected chi connectivity index (χ2v) is 5.10. The summed E-state index contributed by atoms with van der Waals surface area (Å²) in [6.45, 7) is 2.54. The zero-order chi connectivity index (χ0) is 11.5. The van der Waals surface area contributed by atoms with E-state index < -0.39 is 0 Å². The van der Waals surface area contributed by atoms with Gasteiger partial charge in [0.05, 0.1) is 23.4 Å². The molecular formula is C11H10BrFN2S. The fourth-order valence-electron chi connectivity index (χ4n) is 1.33. The number of nitrogens with zero attached hydrogens (tertiary/aromatic N) is 1. The summed E-state index contributed by atoms with van der Waals surface area (Å²) in [4.78, 5) is 5.27. The summed E-state index contributed by atoms with van der Waals surface area (Å²) in [5.41, 5.74) is 3.28. The molecule has 0 bridgehead atoms. The van der Waals surface area contributed by atoms with Crippen molar-refractivity contribution in [2.45, 2.75) is 13.5 Å². The molecule has 84 valence electrons. The standard InChI is InChI=1S/C11H10BrFN2S/c1-7-10(16-6-15-7)5-14-11-8(12)3-2-4-9(11)13/h2-4,6,14H,5H2,1H3. The molecule has 16 heavy (non-hydrogen) atoms. The van der Waals surface area contributed by atoms with Crippen LogP contribution < -0.4 is 5.32 Å². The molecule has 0 aliphatic carbocycles. The summed E-state index contributed by atoms with van der Waals surface area (Å²) >= 11 is 4.88. The van der Waals surface area contributed by atoms with Gasteiger partial charge < -0.3 is 5.32 Å². The molecule has 0 fully saturated rings. The van der Waals surface area contributed by atoms with Gasteiger partial charge >= 0.3 is 0 Å². The van der Waals surface area contributed by atoms with Crippen LogP contribution in [0.1, 0.15) is 10.6 Å². The highest BCUT2D eigenvalue weighted by Gasteiger charge is 2.07. The molecule has 1 aromatic heterocycles. The molecule has 0 spiro atoms. The van der Waals surface area contributed by atoms with Crippen molar-refractivity contribution in [1.29, 1.82) is 0 Å². The van der Waals surface area contributed by atoms with Crippen molar-refractivity contribution in [2.24, 2.45) is 0 Å². The lowest BCUT2D eigenvalue weighted by molar-refractivity contribution is 0.629. The van der Waals surface area contributed by atoms with Crippen LogP contribution in [-0.4, -0.2) is 4.98 Å². The Hall–Kier alpha value is -0.940. The number of halogens is 2. The average molecular weight is 301 g/mol. The Labute approximate surface area is 106 Å². The molecule has 0 amide bonds. The number of rotatable bonds is 3. The van der Waals surface area contributed by atoms with E-state index in [0.717, 1.165) is 15.0 Å². The van der Waals surface area contributed by atoms with Gasteiger partial charge in [-0.05, 0) is 35.0 Å². The largest absolute Gasteiger partial charge is 0.377 e. The molecule has 0 saturated heterocycles. The van der Waals surface area contributed by atoms with Gasteiger partial charge in [-0.2, -0.15) is 0 Å². The van der Waals surface area contributed by atoms with Crippen LogP contribution in [0.5, 0.6) is 0 Å². The maximum absolute atomic E-state index is 13.5. The lowest BCUT2D eigenvalue weighted by Crippen LogP contribution is -2.01. The van der Waals surface area contributed by atoms with E-state index in [1.54, 1.807) is 22.9 Å². The average Bonchev–Trinajstić information content (AvgIpc) is 2.64. The van der Waals surface area contributed by atoms with Crippen LogP contribution in [-0.2, 0) is 6.54 Å². The normalized spacial score (nSPS) is 10.4. The summed E-state index contributed by atoms with van der Waals surface area (Å²) < 4.78 is 14.2. The third-order valence-electron chi connectivity index (χ3n) is 2.23.